The Hall–Kier alpha value is -2.86. The maximum atomic E-state index is 12.8. The van der Waals surface area contributed by atoms with Gasteiger partial charge >= 0.3 is 6.01 Å². The van der Waals surface area contributed by atoms with E-state index in [-0.39, 0.29) is 22.8 Å². The van der Waals surface area contributed by atoms with Gasteiger partial charge < -0.3 is 24.3 Å². The number of fused-ring (bicyclic) bond motifs is 1. The van der Waals surface area contributed by atoms with Crippen molar-refractivity contribution >= 4 is 31.2 Å². The van der Waals surface area contributed by atoms with Crippen LogP contribution in [0, 0.1) is 0 Å². The van der Waals surface area contributed by atoms with Gasteiger partial charge in [0.05, 0.1) is 13.2 Å². The van der Waals surface area contributed by atoms with Gasteiger partial charge in [-0.25, -0.2) is 14.5 Å². The molecule has 3 aromatic rings. The second kappa shape index (κ2) is 9.89. The van der Waals surface area contributed by atoms with E-state index in [9.17, 15) is 9.90 Å². The van der Waals surface area contributed by atoms with Gasteiger partial charge in [0.15, 0.2) is 31.5 Å². The van der Waals surface area contributed by atoms with Gasteiger partial charge in [0.1, 0.15) is 18.5 Å². The standard InChI is InChI=1S/C25H35N5O5Si/c1-8-16-18(31)19(35-36(6,7)25(2,3)4)23(34-16)30-21-17(28-24(30)33-5)20(26-14-27-21)29-22(32)15-12-10-9-11-13-15/h9-14,16,18-19,23,31H,8H2,1-7H3,(H,26,27,29,32)/t16-,18-,19-,23-/m1/s1. The first-order chi connectivity index (χ1) is 17.0. The summed E-state index contributed by atoms with van der Waals surface area (Å²) in [6.45, 7) is 12.7. The Bertz CT molecular complexity index is 1230. The molecule has 36 heavy (non-hydrogen) atoms. The summed E-state index contributed by atoms with van der Waals surface area (Å²) >= 11 is 0. The summed E-state index contributed by atoms with van der Waals surface area (Å²) in [6.07, 6.45) is -0.683. The summed E-state index contributed by atoms with van der Waals surface area (Å²) in [5.41, 5.74) is 1.25. The lowest BCUT2D eigenvalue weighted by Gasteiger charge is -2.40. The molecule has 0 spiro atoms. The van der Waals surface area contributed by atoms with Crippen molar-refractivity contribution in [3.05, 3.63) is 42.2 Å². The first-order valence-corrected chi connectivity index (χ1v) is 15.0. The Morgan fingerprint density at radius 1 is 1.22 bits per heavy atom. The minimum absolute atomic E-state index is 0.0697. The van der Waals surface area contributed by atoms with Crippen molar-refractivity contribution in [2.75, 3.05) is 12.4 Å². The third-order valence-electron chi connectivity index (χ3n) is 7.10. The van der Waals surface area contributed by atoms with Crippen molar-refractivity contribution in [3.8, 4) is 6.01 Å². The zero-order chi connectivity index (χ0) is 26.3. The highest BCUT2D eigenvalue weighted by Crippen LogP contribution is 2.44. The summed E-state index contributed by atoms with van der Waals surface area (Å²) in [5.74, 6) is -0.0693. The van der Waals surface area contributed by atoms with E-state index in [0.717, 1.165) is 0 Å². The number of amides is 1. The summed E-state index contributed by atoms with van der Waals surface area (Å²) in [5, 5.41) is 13.9. The Morgan fingerprint density at radius 2 is 1.92 bits per heavy atom. The normalized spacial score (nSPS) is 22.7. The van der Waals surface area contributed by atoms with Gasteiger partial charge in [0.2, 0.25) is 0 Å². The molecule has 11 heteroatoms. The average molecular weight is 514 g/mol. The van der Waals surface area contributed by atoms with Gasteiger partial charge in [-0.1, -0.05) is 45.9 Å². The highest BCUT2D eigenvalue weighted by Gasteiger charge is 2.51. The fourth-order valence-corrected chi connectivity index (χ4v) is 5.32. The lowest BCUT2D eigenvalue weighted by molar-refractivity contribution is -0.0359. The molecular formula is C25H35N5O5Si. The fourth-order valence-electron chi connectivity index (χ4n) is 4.03. The number of methoxy groups -OCH3 is 1. The number of ether oxygens (including phenoxy) is 2. The van der Waals surface area contributed by atoms with E-state index in [0.29, 0.717) is 23.1 Å². The topological polar surface area (TPSA) is 121 Å². The van der Waals surface area contributed by atoms with E-state index >= 15 is 0 Å². The van der Waals surface area contributed by atoms with Crippen LogP contribution in [0.4, 0.5) is 5.82 Å². The van der Waals surface area contributed by atoms with Crippen molar-refractivity contribution in [3.63, 3.8) is 0 Å². The van der Waals surface area contributed by atoms with Gasteiger partial charge in [0, 0.05) is 5.56 Å². The van der Waals surface area contributed by atoms with Crippen LogP contribution in [0.25, 0.3) is 11.2 Å². The van der Waals surface area contributed by atoms with Crippen LogP contribution in [0.5, 0.6) is 6.01 Å². The molecule has 10 nitrogen and oxygen atoms in total. The smallest absolute Gasteiger partial charge is 0.300 e. The van der Waals surface area contributed by atoms with E-state index < -0.39 is 32.9 Å². The molecule has 194 valence electrons. The van der Waals surface area contributed by atoms with Crippen LogP contribution in [0.2, 0.25) is 18.1 Å². The quantitative estimate of drug-likeness (QED) is 0.452. The Kier molecular flexibility index (Phi) is 7.20. The number of hydrogen-bond acceptors (Lipinski definition) is 8. The summed E-state index contributed by atoms with van der Waals surface area (Å²) in [6, 6.07) is 9.07. The largest absolute Gasteiger partial charge is 0.468 e. The number of nitrogens with one attached hydrogen (secondary N) is 1. The summed E-state index contributed by atoms with van der Waals surface area (Å²) in [4.78, 5) is 26.1. The molecule has 1 aliphatic heterocycles. The monoisotopic (exact) mass is 513 g/mol. The molecule has 2 N–H and O–H groups in total. The molecule has 4 rings (SSSR count). The van der Waals surface area contributed by atoms with Gasteiger partial charge in [-0.15, -0.1) is 0 Å². The Balaban J connectivity index is 1.77. The molecule has 1 aromatic carbocycles. The van der Waals surface area contributed by atoms with Crippen LogP contribution in [0.15, 0.2) is 36.7 Å². The lowest BCUT2D eigenvalue weighted by Crippen LogP contribution is -2.48. The molecule has 0 saturated carbocycles. The van der Waals surface area contributed by atoms with Crippen molar-refractivity contribution < 1.29 is 23.8 Å². The van der Waals surface area contributed by atoms with Crippen molar-refractivity contribution in [2.24, 2.45) is 0 Å². The van der Waals surface area contributed by atoms with Gasteiger partial charge in [-0.3, -0.25) is 4.79 Å². The van der Waals surface area contributed by atoms with Crippen LogP contribution in [-0.2, 0) is 9.16 Å². The number of aliphatic hydroxyl groups excluding tert-OH is 1. The van der Waals surface area contributed by atoms with Crippen molar-refractivity contribution in [1.82, 2.24) is 19.5 Å². The number of hydrogen-bond donors (Lipinski definition) is 2. The highest BCUT2D eigenvalue weighted by atomic mass is 28.4. The zero-order valence-electron chi connectivity index (χ0n) is 21.8. The number of carbonyl (C=O) groups is 1. The van der Waals surface area contributed by atoms with Crippen LogP contribution >= 0.6 is 0 Å². The molecule has 3 heterocycles. The zero-order valence-corrected chi connectivity index (χ0v) is 22.8. The molecule has 2 aromatic heterocycles. The number of nitrogens with zero attached hydrogens (tertiary/aromatic N) is 4. The highest BCUT2D eigenvalue weighted by molar-refractivity contribution is 6.74. The Labute approximate surface area is 212 Å². The van der Waals surface area contributed by atoms with E-state index in [2.05, 4.69) is 54.1 Å². The van der Waals surface area contributed by atoms with E-state index in [1.165, 1.54) is 13.4 Å². The molecule has 0 unspecified atom stereocenters. The van der Waals surface area contributed by atoms with Crippen LogP contribution < -0.4 is 10.1 Å². The third-order valence-corrected chi connectivity index (χ3v) is 11.6. The predicted octanol–water partition coefficient (Wildman–Crippen LogP) is 4.15. The minimum atomic E-state index is -2.28. The molecule has 0 aliphatic carbocycles. The van der Waals surface area contributed by atoms with E-state index in [4.69, 9.17) is 13.9 Å². The second-order valence-corrected chi connectivity index (χ2v) is 15.2. The molecule has 1 amide bonds. The molecule has 0 radical (unpaired) electrons. The number of aliphatic hydroxyl groups is 1. The molecule has 1 aliphatic rings. The lowest BCUT2D eigenvalue weighted by atomic mass is 10.1. The van der Waals surface area contributed by atoms with E-state index in [1.807, 2.05) is 13.0 Å². The SMILES string of the molecule is CC[C@H]1O[C@@H](n2c(OC)nc3c(NC(=O)c4ccccc4)ncnc32)[C@H](O[Si](C)(C)C(C)(C)C)[C@@H]1O. The predicted molar refractivity (Wildman–Crippen MR) is 139 cm³/mol. The van der Waals surface area contributed by atoms with Crippen LogP contribution in [0.3, 0.4) is 0 Å². The van der Waals surface area contributed by atoms with Gasteiger partial charge in [0.25, 0.3) is 5.91 Å². The molecule has 0 bridgehead atoms. The molecule has 1 saturated heterocycles. The number of aromatic nitrogens is 4. The summed E-state index contributed by atoms with van der Waals surface area (Å²) < 4.78 is 20.3. The number of rotatable bonds is 7. The molecule has 1 fully saturated rings. The van der Waals surface area contributed by atoms with Crippen LogP contribution in [-0.4, -0.2) is 64.3 Å². The van der Waals surface area contributed by atoms with Gasteiger partial charge in [-0.05, 0) is 36.7 Å². The van der Waals surface area contributed by atoms with E-state index in [1.54, 1.807) is 28.8 Å². The van der Waals surface area contributed by atoms with Gasteiger partial charge in [-0.2, -0.15) is 4.98 Å². The average Bonchev–Trinajstić information content (AvgIpc) is 3.36. The number of anilines is 1. The molecular weight excluding hydrogens is 478 g/mol. The number of benzene rings is 1. The minimum Gasteiger partial charge on any atom is -0.468 e. The number of imidazole rings is 1. The first kappa shape index (κ1) is 26.2. The van der Waals surface area contributed by atoms with Crippen LogP contribution in [0.1, 0.15) is 50.7 Å². The maximum absolute atomic E-state index is 12.8. The van der Waals surface area contributed by atoms with Crippen molar-refractivity contribution in [2.45, 2.75) is 76.8 Å². The molecule has 4 atom stereocenters. The first-order valence-electron chi connectivity index (χ1n) is 12.1. The Morgan fingerprint density at radius 3 is 2.53 bits per heavy atom. The van der Waals surface area contributed by atoms with Crippen molar-refractivity contribution in [1.29, 1.82) is 0 Å². The summed E-state index contributed by atoms with van der Waals surface area (Å²) in [7, 11) is -0.778. The second-order valence-electron chi connectivity index (χ2n) is 10.5. The maximum Gasteiger partial charge on any atom is 0.300 e. The number of carbonyl (C=O) groups excluding carboxylic acids is 1. The fraction of sp³-hybridized carbons (Fsp3) is 0.520. The third kappa shape index (κ3) is 4.75.